The van der Waals surface area contributed by atoms with Crippen LogP contribution in [0.1, 0.15) is 32.8 Å². The molecule has 2 aromatic rings. The minimum atomic E-state index is -3.89. The van der Waals surface area contributed by atoms with Crippen LogP contribution in [0.3, 0.4) is 0 Å². The minimum absolute atomic E-state index is 0.0325. The van der Waals surface area contributed by atoms with Gasteiger partial charge in [-0.2, -0.15) is 0 Å². The van der Waals surface area contributed by atoms with E-state index in [9.17, 15) is 26.8 Å². The molecule has 10 heteroatoms. The number of sulfonamides is 1. The van der Waals surface area contributed by atoms with Crippen molar-refractivity contribution in [1.82, 2.24) is 10.2 Å². The van der Waals surface area contributed by atoms with Crippen molar-refractivity contribution in [2.24, 2.45) is 0 Å². The minimum Gasteiger partial charge on any atom is -0.352 e. The lowest BCUT2D eigenvalue weighted by Gasteiger charge is -2.32. The van der Waals surface area contributed by atoms with Gasteiger partial charge >= 0.3 is 0 Å². The van der Waals surface area contributed by atoms with E-state index in [-0.39, 0.29) is 18.3 Å². The first-order chi connectivity index (χ1) is 15.4. The molecule has 0 aliphatic rings. The van der Waals surface area contributed by atoms with Crippen molar-refractivity contribution < 1.29 is 26.8 Å². The summed E-state index contributed by atoms with van der Waals surface area (Å²) in [6.07, 6.45) is 1.63. The number of amides is 2. The Kier molecular flexibility index (Phi) is 8.92. The molecule has 0 saturated carbocycles. The number of benzene rings is 2. The van der Waals surface area contributed by atoms with Crippen LogP contribution in [0.2, 0.25) is 0 Å². The van der Waals surface area contributed by atoms with Gasteiger partial charge in [0.15, 0.2) is 0 Å². The maximum absolute atomic E-state index is 13.3. The van der Waals surface area contributed by atoms with Crippen LogP contribution in [0.15, 0.2) is 48.5 Å². The molecule has 0 radical (unpaired) electrons. The smallest absolute Gasteiger partial charge is 0.244 e. The summed E-state index contributed by atoms with van der Waals surface area (Å²) in [6.45, 7) is 4.66. The second-order valence-corrected chi connectivity index (χ2v) is 9.79. The van der Waals surface area contributed by atoms with Crippen molar-refractivity contribution in [1.29, 1.82) is 0 Å². The molecule has 0 fully saturated rings. The van der Waals surface area contributed by atoms with E-state index in [0.717, 1.165) is 22.7 Å². The van der Waals surface area contributed by atoms with Crippen LogP contribution in [-0.2, 0) is 26.2 Å². The molecule has 33 heavy (non-hydrogen) atoms. The molecular weight excluding hydrogens is 452 g/mol. The highest BCUT2D eigenvalue weighted by molar-refractivity contribution is 7.92. The largest absolute Gasteiger partial charge is 0.352 e. The Hall–Kier alpha value is -3.01. The average molecular weight is 482 g/mol. The lowest BCUT2D eigenvalue weighted by molar-refractivity contribution is -0.139. The summed E-state index contributed by atoms with van der Waals surface area (Å²) in [4.78, 5) is 27.3. The van der Waals surface area contributed by atoms with Crippen molar-refractivity contribution >= 4 is 27.5 Å². The highest BCUT2D eigenvalue weighted by Crippen LogP contribution is 2.19. The molecule has 0 unspecified atom stereocenters. The van der Waals surface area contributed by atoms with Crippen LogP contribution in [0, 0.1) is 11.6 Å². The number of rotatable bonds is 10. The number of carbonyl (C=O) groups excluding carboxylic acids is 2. The maximum Gasteiger partial charge on any atom is 0.244 e. The molecular formula is C23H29F2N3O4S. The van der Waals surface area contributed by atoms with Gasteiger partial charge in [-0.3, -0.25) is 13.9 Å². The first-order valence-electron chi connectivity index (χ1n) is 10.5. The normalized spacial score (nSPS) is 13.2. The summed E-state index contributed by atoms with van der Waals surface area (Å²) in [7, 11) is -3.89. The second-order valence-electron chi connectivity index (χ2n) is 7.89. The average Bonchev–Trinajstić information content (AvgIpc) is 2.76. The molecule has 2 rings (SSSR count). The molecule has 180 valence electrons. The predicted octanol–water partition coefficient (Wildman–Crippen LogP) is 3.06. The molecule has 0 saturated heterocycles. The number of hydrogen-bond acceptors (Lipinski definition) is 4. The molecule has 0 bridgehead atoms. The molecule has 2 aromatic carbocycles. The summed E-state index contributed by atoms with van der Waals surface area (Å²) in [6, 6.07) is 9.12. The van der Waals surface area contributed by atoms with E-state index >= 15 is 0 Å². The van der Waals surface area contributed by atoms with Gasteiger partial charge in [0.1, 0.15) is 24.2 Å². The Bertz CT molecular complexity index is 1060. The van der Waals surface area contributed by atoms with Gasteiger partial charge in [0.05, 0.1) is 11.9 Å². The second kappa shape index (κ2) is 11.2. The molecule has 2 atom stereocenters. The standard InChI is InChI=1S/C23H29F2N3O4S/c1-5-16(2)26-23(30)17(3)27(14-18-6-8-19(24)9-7-18)22(29)15-28(33(4,31)32)21-12-10-20(25)11-13-21/h6-13,16-17H,5,14-15H2,1-4H3,(H,26,30)/t16-,17+/m1/s1. The highest BCUT2D eigenvalue weighted by atomic mass is 32.2. The Morgan fingerprint density at radius 1 is 0.970 bits per heavy atom. The molecule has 1 N–H and O–H groups in total. The van der Waals surface area contributed by atoms with Crippen LogP contribution < -0.4 is 9.62 Å². The summed E-state index contributed by atoms with van der Waals surface area (Å²) in [5.41, 5.74) is 0.686. The number of halogens is 2. The molecule has 0 aliphatic carbocycles. The fraction of sp³-hybridized carbons (Fsp3) is 0.391. The Labute approximate surface area is 193 Å². The monoisotopic (exact) mass is 481 g/mol. The Balaban J connectivity index is 2.36. The number of nitrogens with zero attached hydrogens (tertiary/aromatic N) is 2. The number of anilines is 1. The van der Waals surface area contributed by atoms with Crippen LogP contribution in [0.5, 0.6) is 0 Å². The topological polar surface area (TPSA) is 86.8 Å². The molecule has 0 heterocycles. The van der Waals surface area contributed by atoms with Crippen molar-refractivity contribution in [2.45, 2.75) is 45.8 Å². The summed E-state index contributed by atoms with van der Waals surface area (Å²) < 4.78 is 52.3. The maximum atomic E-state index is 13.3. The third-order valence-corrected chi connectivity index (χ3v) is 6.37. The quantitative estimate of drug-likeness (QED) is 0.565. The molecule has 0 aromatic heterocycles. The lowest BCUT2D eigenvalue weighted by atomic mass is 10.1. The van der Waals surface area contributed by atoms with Crippen LogP contribution in [0.4, 0.5) is 14.5 Å². The fourth-order valence-electron chi connectivity index (χ4n) is 3.06. The van der Waals surface area contributed by atoms with E-state index < -0.39 is 46.1 Å². The van der Waals surface area contributed by atoms with Gasteiger partial charge in [-0.25, -0.2) is 17.2 Å². The van der Waals surface area contributed by atoms with Crippen LogP contribution in [-0.4, -0.2) is 50.0 Å². The van der Waals surface area contributed by atoms with Crippen molar-refractivity contribution in [3.8, 4) is 0 Å². The zero-order valence-corrected chi connectivity index (χ0v) is 19.9. The van der Waals surface area contributed by atoms with Gasteiger partial charge in [0, 0.05) is 12.6 Å². The number of hydrogen-bond donors (Lipinski definition) is 1. The predicted molar refractivity (Wildman–Crippen MR) is 123 cm³/mol. The van der Waals surface area contributed by atoms with Gasteiger partial charge in [-0.1, -0.05) is 19.1 Å². The van der Waals surface area contributed by atoms with Gasteiger partial charge < -0.3 is 10.2 Å². The zero-order chi connectivity index (χ0) is 24.8. The van der Waals surface area contributed by atoms with Crippen LogP contribution in [0.25, 0.3) is 0 Å². The van der Waals surface area contributed by atoms with E-state index in [2.05, 4.69) is 5.32 Å². The highest BCUT2D eigenvalue weighted by Gasteiger charge is 2.30. The molecule has 0 spiro atoms. The third kappa shape index (κ3) is 7.52. The first-order valence-corrected chi connectivity index (χ1v) is 12.3. The zero-order valence-electron chi connectivity index (χ0n) is 19.1. The summed E-state index contributed by atoms with van der Waals surface area (Å²) in [5, 5.41) is 2.81. The van der Waals surface area contributed by atoms with Crippen molar-refractivity contribution in [2.75, 3.05) is 17.1 Å². The van der Waals surface area contributed by atoms with Gasteiger partial charge in [-0.05, 0) is 62.2 Å². The molecule has 2 amide bonds. The van der Waals surface area contributed by atoms with Crippen LogP contribution >= 0.6 is 0 Å². The third-order valence-electron chi connectivity index (χ3n) is 5.23. The Morgan fingerprint density at radius 3 is 1.97 bits per heavy atom. The summed E-state index contributed by atoms with van der Waals surface area (Å²) >= 11 is 0. The molecule has 7 nitrogen and oxygen atoms in total. The summed E-state index contributed by atoms with van der Waals surface area (Å²) in [5.74, 6) is -2.03. The van der Waals surface area contributed by atoms with Crippen molar-refractivity contribution in [3.05, 3.63) is 65.7 Å². The van der Waals surface area contributed by atoms with Gasteiger partial charge in [0.2, 0.25) is 21.8 Å². The SMILES string of the molecule is CC[C@@H](C)NC(=O)[C@H](C)N(Cc1ccc(F)cc1)C(=O)CN(c1ccc(F)cc1)S(C)(=O)=O. The van der Waals surface area contributed by atoms with E-state index in [1.54, 1.807) is 6.92 Å². The fourth-order valence-corrected chi connectivity index (χ4v) is 3.91. The number of nitrogens with one attached hydrogen (secondary N) is 1. The van der Waals surface area contributed by atoms with Crippen molar-refractivity contribution in [3.63, 3.8) is 0 Å². The van der Waals surface area contributed by atoms with E-state index in [0.29, 0.717) is 12.0 Å². The van der Waals surface area contributed by atoms with E-state index in [1.807, 2.05) is 13.8 Å². The van der Waals surface area contributed by atoms with E-state index in [1.165, 1.54) is 41.3 Å². The van der Waals surface area contributed by atoms with E-state index in [4.69, 9.17) is 0 Å². The molecule has 0 aliphatic heterocycles. The lowest BCUT2D eigenvalue weighted by Crippen LogP contribution is -2.52. The number of carbonyl (C=O) groups is 2. The Morgan fingerprint density at radius 2 is 1.48 bits per heavy atom. The van der Waals surface area contributed by atoms with Gasteiger partial charge in [0.25, 0.3) is 0 Å². The first kappa shape index (κ1) is 26.2. The van der Waals surface area contributed by atoms with Gasteiger partial charge in [-0.15, -0.1) is 0 Å².